The molecule has 1 N–H and O–H groups in total. The lowest BCUT2D eigenvalue weighted by atomic mass is 10.2. The molecule has 0 heterocycles. The van der Waals surface area contributed by atoms with Crippen LogP contribution < -0.4 is 10.1 Å². The zero-order valence-electron chi connectivity index (χ0n) is 10.8. The minimum absolute atomic E-state index is 0.0549. The van der Waals surface area contributed by atoms with Gasteiger partial charge in [0.15, 0.2) is 23.3 Å². The molecule has 112 valence electrons. The Morgan fingerprint density at radius 3 is 2.05 bits per heavy atom. The van der Waals surface area contributed by atoms with Crippen LogP contribution in [-0.2, 0) is 6.54 Å². The second kappa shape index (κ2) is 5.99. The Kier molecular flexibility index (Phi) is 4.30. The van der Waals surface area contributed by atoms with Gasteiger partial charge in [0.25, 0.3) is 0 Å². The quantitative estimate of drug-likeness (QED) is 0.681. The van der Waals surface area contributed by atoms with Gasteiger partial charge >= 0.3 is 0 Å². The molecule has 0 atom stereocenters. The van der Waals surface area contributed by atoms with Crippen molar-refractivity contribution in [1.82, 2.24) is 0 Å². The fourth-order valence-corrected chi connectivity index (χ4v) is 1.71. The van der Waals surface area contributed by atoms with Gasteiger partial charge in [-0.1, -0.05) is 6.07 Å². The summed E-state index contributed by atoms with van der Waals surface area (Å²) in [6.45, 7) is -0.355. The van der Waals surface area contributed by atoms with Gasteiger partial charge < -0.3 is 10.1 Å². The normalized spacial score (nSPS) is 10.6. The van der Waals surface area contributed by atoms with E-state index in [1.807, 2.05) is 0 Å². The highest BCUT2D eigenvalue weighted by molar-refractivity contribution is 5.48. The molecule has 0 aliphatic heterocycles. The van der Waals surface area contributed by atoms with Gasteiger partial charge in [0, 0.05) is 24.2 Å². The van der Waals surface area contributed by atoms with E-state index >= 15 is 0 Å². The lowest BCUT2D eigenvalue weighted by molar-refractivity contribution is 0.410. The summed E-state index contributed by atoms with van der Waals surface area (Å²) in [5.74, 6) is -6.62. The third kappa shape index (κ3) is 3.07. The Bertz CT molecular complexity index is 649. The molecule has 0 aliphatic carbocycles. The number of benzene rings is 2. The largest absolute Gasteiger partial charge is 0.497 e. The molecule has 2 aromatic rings. The summed E-state index contributed by atoms with van der Waals surface area (Å²) in [4.78, 5) is 0. The van der Waals surface area contributed by atoms with Crippen molar-refractivity contribution in [3.63, 3.8) is 0 Å². The van der Waals surface area contributed by atoms with E-state index < -0.39 is 34.8 Å². The maximum absolute atomic E-state index is 13.6. The van der Waals surface area contributed by atoms with Crippen LogP contribution in [0.1, 0.15) is 5.56 Å². The second-order valence-corrected chi connectivity index (χ2v) is 4.15. The van der Waals surface area contributed by atoms with E-state index in [0.717, 1.165) is 6.07 Å². The first-order valence-corrected chi connectivity index (χ1v) is 5.83. The topological polar surface area (TPSA) is 21.3 Å². The van der Waals surface area contributed by atoms with Crippen LogP contribution in [-0.4, -0.2) is 7.11 Å². The van der Waals surface area contributed by atoms with Crippen LogP contribution in [0.3, 0.4) is 0 Å². The highest BCUT2D eigenvalue weighted by Crippen LogP contribution is 2.25. The number of rotatable bonds is 4. The van der Waals surface area contributed by atoms with E-state index in [1.54, 1.807) is 0 Å². The Balaban J connectivity index is 2.25. The minimum atomic E-state index is -1.57. The highest BCUT2D eigenvalue weighted by atomic mass is 19.2. The molecule has 7 heteroatoms. The van der Waals surface area contributed by atoms with Crippen molar-refractivity contribution in [2.45, 2.75) is 6.54 Å². The molecule has 0 saturated heterocycles. The van der Waals surface area contributed by atoms with Gasteiger partial charge in [0.1, 0.15) is 17.3 Å². The van der Waals surface area contributed by atoms with Gasteiger partial charge in [-0.05, 0) is 6.07 Å². The number of methoxy groups -OCH3 is 1. The van der Waals surface area contributed by atoms with Crippen molar-refractivity contribution in [2.75, 3.05) is 12.4 Å². The van der Waals surface area contributed by atoms with Crippen molar-refractivity contribution in [3.8, 4) is 5.75 Å². The molecule has 2 rings (SSSR count). The number of hydrogen-bond acceptors (Lipinski definition) is 2. The summed E-state index contributed by atoms with van der Waals surface area (Å²) in [6, 6.07) is 3.95. The average Bonchev–Trinajstić information content (AvgIpc) is 2.46. The van der Waals surface area contributed by atoms with Gasteiger partial charge in [0.2, 0.25) is 0 Å². The Morgan fingerprint density at radius 2 is 1.52 bits per heavy atom. The number of nitrogens with one attached hydrogen (secondary N) is 1. The maximum Gasteiger partial charge on any atom is 0.185 e. The predicted molar refractivity (Wildman–Crippen MR) is 66.6 cm³/mol. The SMILES string of the molecule is COc1ccc(CNc2c(F)c(F)cc(F)c2F)c(F)c1. The molecule has 0 aliphatic rings. The first-order valence-electron chi connectivity index (χ1n) is 5.83. The molecule has 0 spiro atoms. The first kappa shape index (κ1) is 15.1. The summed E-state index contributed by atoms with van der Waals surface area (Å²) in [5, 5.41) is 2.15. The van der Waals surface area contributed by atoms with Gasteiger partial charge in [-0.25, -0.2) is 22.0 Å². The van der Waals surface area contributed by atoms with E-state index in [0.29, 0.717) is 0 Å². The van der Waals surface area contributed by atoms with Crippen LogP contribution in [0.4, 0.5) is 27.6 Å². The van der Waals surface area contributed by atoms with Crippen LogP contribution in [0, 0.1) is 29.1 Å². The van der Waals surface area contributed by atoms with Crippen LogP contribution in [0.15, 0.2) is 24.3 Å². The molecule has 0 saturated carbocycles. The van der Waals surface area contributed by atoms with Crippen molar-refractivity contribution < 1.29 is 26.7 Å². The second-order valence-electron chi connectivity index (χ2n) is 4.15. The first-order chi connectivity index (χ1) is 9.93. The summed E-state index contributed by atoms with van der Waals surface area (Å²) >= 11 is 0. The molecule has 0 amide bonds. The Morgan fingerprint density at radius 1 is 0.905 bits per heavy atom. The fourth-order valence-electron chi connectivity index (χ4n) is 1.71. The summed E-state index contributed by atoms with van der Waals surface area (Å²) in [5.41, 5.74) is -0.929. The highest BCUT2D eigenvalue weighted by Gasteiger charge is 2.19. The molecule has 0 bridgehead atoms. The van der Waals surface area contributed by atoms with Crippen molar-refractivity contribution in [3.05, 3.63) is 58.9 Å². The molecular formula is C14H10F5NO. The Hall–Kier alpha value is -2.31. The summed E-state index contributed by atoms with van der Waals surface area (Å²) in [6.07, 6.45) is 0. The number of anilines is 1. The van der Waals surface area contributed by atoms with Gasteiger partial charge in [-0.15, -0.1) is 0 Å². The van der Waals surface area contributed by atoms with Gasteiger partial charge in [0.05, 0.1) is 7.11 Å². The van der Waals surface area contributed by atoms with Crippen LogP contribution in [0.5, 0.6) is 5.75 Å². The average molecular weight is 303 g/mol. The molecule has 0 aromatic heterocycles. The van der Waals surface area contributed by atoms with Crippen molar-refractivity contribution >= 4 is 5.69 Å². The van der Waals surface area contributed by atoms with Crippen molar-refractivity contribution in [2.24, 2.45) is 0 Å². The van der Waals surface area contributed by atoms with E-state index in [1.165, 1.54) is 19.2 Å². The molecule has 0 radical (unpaired) electrons. The number of ether oxygens (including phenoxy) is 1. The van der Waals surface area contributed by atoms with Crippen LogP contribution in [0.25, 0.3) is 0 Å². The number of hydrogen-bond donors (Lipinski definition) is 1. The van der Waals surface area contributed by atoms with Crippen LogP contribution >= 0.6 is 0 Å². The molecule has 0 unspecified atom stereocenters. The molecule has 0 fully saturated rings. The monoisotopic (exact) mass is 303 g/mol. The molecule has 2 aromatic carbocycles. The summed E-state index contributed by atoms with van der Waals surface area (Å²) < 4.78 is 71.3. The fraction of sp³-hybridized carbons (Fsp3) is 0.143. The van der Waals surface area contributed by atoms with E-state index in [-0.39, 0.29) is 23.9 Å². The Labute approximate surface area is 117 Å². The molecular weight excluding hydrogens is 293 g/mol. The van der Waals surface area contributed by atoms with Gasteiger partial charge in [-0.3, -0.25) is 0 Å². The number of halogens is 5. The zero-order chi connectivity index (χ0) is 15.6. The predicted octanol–water partition coefficient (Wildman–Crippen LogP) is 4.00. The van der Waals surface area contributed by atoms with E-state index in [2.05, 4.69) is 5.32 Å². The molecule has 21 heavy (non-hydrogen) atoms. The third-order valence-electron chi connectivity index (χ3n) is 2.83. The zero-order valence-corrected chi connectivity index (χ0v) is 10.8. The minimum Gasteiger partial charge on any atom is -0.497 e. The lowest BCUT2D eigenvalue weighted by Crippen LogP contribution is -2.08. The lowest BCUT2D eigenvalue weighted by Gasteiger charge is -2.11. The van der Waals surface area contributed by atoms with E-state index in [4.69, 9.17) is 4.74 Å². The van der Waals surface area contributed by atoms with E-state index in [9.17, 15) is 22.0 Å². The third-order valence-corrected chi connectivity index (χ3v) is 2.83. The van der Waals surface area contributed by atoms with Crippen LogP contribution in [0.2, 0.25) is 0 Å². The van der Waals surface area contributed by atoms with Crippen molar-refractivity contribution in [1.29, 1.82) is 0 Å². The van der Waals surface area contributed by atoms with Gasteiger partial charge in [-0.2, -0.15) is 0 Å². The summed E-state index contributed by atoms with van der Waals surface area (Å²) in [7, 11) is 1.35. The standard InChI is InChI=1S/C14H10F5NO/c1-21-8-3-2-7(9(15)4-8)6-20-14-12(18)10(16)5-11(17)13(14)19/h2-5,20H,6H2,1H3. The smallest absolute Gasteiger partial charge is 0.185 e. The molecule has 2 nitrogen and oxygen atoms in total. The maximum atomic E-state index is 13.6.